The summed E-state index contributed by atoms with van der Waals surface area (Å²) in [7, 11) is 0. The van der Waals surface area contributed by atoms with Gasteiger partial charge in [-0.1, -0.05) is 11.6 Å². The summed E-state index contributed by atoms with van der Waals surface area (Å²) in [6.07, 6.45) is 8.06. The van der Waals surface area contributed by atoms with Crippen molar-refractivity contribution >= 4 is 39.2 Å². The van der Waals surface area contributed by atoms with Gasteiger partial charge < -0.3 is 14.1 Å². The van der Waals surface area contributed by atoms with Crippen molar-refractivity contribution in [1.82, 2.24) is 40.2 Å². The molecule has 10 rings (SSSR count). The number of benzene rings is 1. The topological polar surface area (TPSA) is 122 Å². The van der Waals surface area contributed by atoms with E-state index in [1.807, 2.05) is 0 Å². The number of aromatic nitrogens is 7. The Balaban J connectivity index is 1.22. The van der Waals surface area contributed by atoms with Crippen LogP contribution in [0.4, 0.5) is 14.6 Å². The predicted octanol–water partition coefficient (Wildman–Crippen LogP) is 5.26. The van der Waals surface area contributed by atoms with Crippen molar-refractivity contribution in [2.24, 2.45) is 5.92 Å². The molecule has 0 amide bonds. The Labute approximate surface area is 267 Å². The van der Waals surface area contributed by atoms with Gasteiger partial charge in [0.25, 0.3) is 0 Å². The van der Waals surface area contributed by atoms with Gasteiger partial charge in [-0.25, -0.2) is 8.78 Å². The highest BCUT2D eigenvalue weighted by molar-refractivity contribution is 6.33. The molecule has 4 aromatic heterocycles. The SMILES string of the molecule is Fc1c2ncc3c(nc(OC[C@@]45CCCN4C[C@H](F)C5)nc13)N1CCC[C@@H](Cc3nnc(o3)CCc3c(Cl)cc4[nH]ncc4c3-2)C1. The third-order valence-corrected chi connectivity index (χ3v) is 10.6. The average molecular weight is 648 g/mol. The number of ether oxygens (including phenoxy) is 1. The van der Waals surface area contributed by atoms with Crippen molar-refractivity contribution in [3.63, 3.8) is 0 Å². The molecule has 3 saturated heterocycles. The first-order valence-corrected chi connectivity index (χ1v) is 16.4. The van der Waals surface area contributed by atoms with Gasteiger partial charge in [0.15, 0.2) is 5.82 Å². The second-order valence-corrected chi connectivity index (χ2v) is 13.6. The first-order valence-electron chi connectivity index (χ1n) is 16.0. The molecule has 3 fully saturated rings. The number of aromatic amines is 1. The van der Waals surface area contributed by atoms with Gasteiger partial charge in [-0.3, -0.25) is 15.0 Å². The number of fused-ring (bicyclic) bond motifs is 4. The minimum absolute atomic E-state index is 0.0756. The fraction of sp³-hybridized carbons (Fsp3) is 0.500. The summed E-state index contributed by atoms with van der Waals surface area (Å²) in [5, 5.41) is 17.5. The Morgan fingerprint density at radius 2 is 2.00 bits per heavy atom. The molecule has 11 nitrogen and oxygen atoms in total. The molecule has 5 aromatic rings. The van der Waals surface area contributed by atoms with Gasteiger partial charge in [-0.05, 0) is 56.2 Å². The molecule has 46 heavy (non-hydrogen) atoms. The molecular weight excluding hydrogens is 616 g/mol. The molecule has 1 aromatic carbocycles. The molecule has 0 saturated carbocycles. The molecule has 8 bridgehead atoms. The van der Waals surface area contributed by atoms with E-state index in [0.717, 1.165) is 38.8 Å². The summed E-state index contributed by atoms with van der Waals surface area (Å²) in [5.74, 6) is 1.31. The lowest BCUT2D eigenvalue weighted by Crippen LogP contribution is -2.43. The van der Waals surface area contributed by atoms with E-state index in [-0.39, 0.29) is 29.7 Å². The van der Waals surface area contributed by atoms with Crippen LogP contribution in [0.15, 0.2) is 22.9 Å². The molecule has 14 heteroatoms. The highest BCUT2D eigenvalue weighted by Crippen LogP contribution is 2.42. The number of anilines is 1. The van der Waals surface area contributed by atoms with E-state index in [1.54, 1.807) is 18.5 Å². The minimum Gasteiger partial charge on any atom is -0.461 e. The van der Waals surface area contributed by atoms with E-state index in [0.29, 0.717) is 88.8 Å². The van der Waals surface area contributed by atoms with E-state index < -0.39 is 17.5 Å². The van der Waals surface area contributed by atoms with Crippen molar-refractivity contribution in [2.75, 3.05) is 37.7 Å². The number of rotatable bonds is 3. The first-order chi connectivity index (χ1) is 22.4. The molecule has 9 heterocycles. The average Bonchev–Trinajstić information content (AvgIpc) is 3.83. The van der Waals surface area contributed by atoms with Crippen LogP contribution in [0.3, 0.4) is 0 Å². The van der Waals surface area contributed by atoms with Gasteiger partial charge in [0.05, 0.1) is 22.6 Å². The number of nitrogens with one attached hydrogen (secondary N) is 1. The summed E-state index contributed by atoms with van der Waals surface area (Å²) >= 11 is 6.84. The van der Waals surface area contributed by atoms with Gasteiger partial charge >= 0.3 is 6.01 Å². The smallest absolute Gasteiger partial charge is 0.319 e. The van der Waals surface area contributed by atoms with E-state index in [2.05, 4.69) is 35.2 Å². The van der Waals surface area contributed by atoms with Crippen LogP contribution in [0.5, 0.6) is 6.01 Å². The normalized spacial score (nSPS) is 24.7. The van der Waals surface area contributed by atoms with Gasteiger partial charge in [0, 0.05) is 61.1 Å². The monoisotopic (exact) mass is 647 g/mol. The Morgan fingerprint density at radius 3 is 2.93 bits per heavy atom. The van der Waals surface area contributed by atoms with Crippen LogP contribution in [-0.4, -0.2) is 84.7 Å². The molecule has 0 spiro atoms. The lowest BCUT2D eigenvalue weighted by molar-refractivity contribution is 0.107. The molecule has 3 atom stereocenters. The number of aryl methyl sites for hydroxylation is 1. The number of piperidine rings is 1. The zero-order valence-corrected chi connectivity index (χ0v) is 25.9. The van der Waals surface area contributed by atoms with E-state index in [9.17, 15) is 4.39 Å². The van der Waals surface area contributed by atoms with Crippen LogP contribution in [0.1, 0.15) is 49.4 Å². The minimum atomic E-state index is -0.887. The van der Waals surface area contributed by atoms with Gasteiger partial charge in [-0.15, -0.1) is 10.2 Å². The molecule has 0 unspecified atom stereocenters. The molecule has 0 aliphatic carbocycles. The van der Waals surface area contributed by atoms with E-state index >= 15 is 4.39 Å². The van der Waals surface area contributed by atoms with Crippen LogP contribution < -0.4 is 9.64 Å². The first kappa shape index (κ1) is 28.3. The number of pyridine rings is 1. The Morgan fingerprint density at radius 1 is 1.09 bits per heavy atom. The number of alkyl halides is 1. The van der Waals surface area contributed by atoms with Crippen LogP contribution in [0.2, 0.25) is 5.02 Å². The molecule has 5 aliphatic rings. The third kappa shape index (κ3) is 4.61. The lowest BCUT2D eigenvalue weighted by Gasteiger charge is -2.34. The van der Waals surface area contributed by atoms with Crippen LogP contribution in [0, 0.1) is 11.7 Å². The van der Waals surface area contributed by atoms with Crippen LogP contribution in [-0.2, 0) is 19.3 Å². The second-order valence-electron chi connectivity index (χ2n) is 13.2. The van der Waals surface area contributed by atoms with Gasteiger partial charge in [0.1, 0.15) is 29.8 Å². The van der Waals surface area contributed by atoms with Crippen molar-refractivity contribution in [3.8, 4) is 17.3 Å². The predicted molar refractivity (Wildman–Crippen MR) is 166 cm³/mol. The third-order valence-electron chi connectivity index (χ3n) is 10.3. The number of H-pyrrole nitrogens is 1. The summed E-state index contributed by atoms with van der Waals surface area (Å²) in [5.41, 5.74) is 1.72. The standard InChI is InChI=1S/C32H32ClF2N9O2/c33-22-10-23-20(13-37-40-23)26-19(22)4-5-24-41-42-25(46-24)9-17-3-1-7-43(14-17)30-21-12-36-29(26)27(35)28(21)38-31(39-30)45-16-32-6-2-8-44(32)15-18(34)11-32/h10,12-13,17-18H,1-9,11,14-16H2,(H,37,40)/t17-,18+,32-/m0/s1. The van der Waals surface area contributed by atoms with Crippen LogP contribution >= 0.6 is 11.6 Å². The van der Waals surface area contributed by atoms with Crippen molar-refractivity contribution < 1.29 is 17.9 Å². The number of hydrogen-bond donors (Lipinski definition) is 1. The summed E-state index contributed by atoms with van der Waals surface area (Å²) in [6, 6.07) is 1.86. The number of nitrogens with zero attached hydrogens (tertiary/aromatic N) is 8. The molecule has 238 valence electrons. The maximum Gasteiger partial charge on any atom is 0.319 e. The Hall–Kier alpha value is -3.97. The second kappa shape index (κ2) is 10.8. The summed E-state index contributed by atoms with van der Waals surface area (Å²) in [4.78, 5) is 18.6. The zero-order valence-electron chi connectivity index (χ0n) is 25.1. The maximum absolute atomic E-state index is 17.0. The summed E-state index contributed by atoms with van der Waals surface area (Å²) < 4.78 is 43.9. The molecular formula is C32H32ClF2N9O2. The maximum atomic E-state index is 17.0. The zero-order chi connectivity index (χ0) is 31.0. The molecule has 5 aliphatic heterocycles. The van der Waals surface area contributed by atoms with Gasteiger partial charge in [-0.2, -0.15) is 15.1 Å². The lowest BCUT2D eigenvalue weighted by atomic mass is 9.94. The Kier molecular flexibility index (Phi) is 6.64. The molecule has 0 radical (unpaired) electrons. The van der Waals surface area contributed by atoms with E-state index in [1.165, 1.54) is 0 Å². The molecule has 1 N–H and O–H groups in total. The highest BCUT2D eigenvalue weighted by atomic mass is 35.5. The highest BCUT2D eigenvalue weighted by Gasteiger charge is 2.49. The van der Waals surface area contributed by atoms with Gasteiger partial charge in [0.2, 0.25) is 11.8 Å². The van der Waals surface area contributed by atoms with Crippen molar-refractivity contribution in [2.45, 2.75) is 63.1 Å². The van der Waals surface area contributed by atoms with E-state index in [4.69, 9.17) is 30.7 Å². The van der Waals surface area contributed by atoms with Crippen LogP contribution in [0.25, 0.3) is 33.1 Å². The summed E-state index contributed by atoms with van der Waals surface area (Å²) in [6.45, 7) is 2.91. The Bertz CT molecular complexity index is 1980. The fourth-order valence-electron chi connectivity index (χ4n) is 8.14. The number of halogens is 3. The fourth-order valence-corrected chi connectivity index (χ4v) is 8.44. The number of hydrogen-bond acceptors (Lipinski definition) is 10. The van der Waals surface area contributed by atoms with Crippen molar-refractivity contribution in [1.29, 1.82) is 0 Å². The largest absolute Gasteiger partial charge is 0.461 e. The quantitative estimate of drug-likeness (QED) is 0.278. The van der Waals surface area contributed by atoms with Crippen molar-refractivity contribution in [3.05, 3.63) is 46.6 Å².